The molecule has 0 aliphatic carbocycles. The number of furan rings is 1. The summed E-state index contributed by atoms with van der Waals surface area (Å²) in [6, 6.07) is 88.8. The van der Waals surface area contributed by atoms with Gasteiger partial charge in [0.25, 0.3) is 0 Å². The normalized spacial score (nSPS) is 11.2. The Morgan fingerprint density at radius 1 is 0.274 bits per heavy atom. The second-order valence-corrected chi connectivity index (χ2v) is 15.7. The fraction of sp³-hybridized carbons (Fsp3) is 0. The fourth-order valence-corrected chi connectivity index (χ4v) is 8.81. The van der Waals surface area contributed by atoms with Crippen LogP contribution in [0.3, 0.4) is 0 Å². The van der Waals surface area contributed by atoms with Crippen LogP contribution >= 0.6 is 0 Å². The highest BCUT2D eigenvalue weighted by Gasteiger charge is 2.19. The maximum atomic E-state index is 6.55. The van der Waals surface area contributed by atoms with Crippen molar-refractivity contribution in [2.24, 2.45) is 0 Å². The molecule has 0 saturated heterocycles. The zero-order chi connectivity index (χ0) is 41.2. The Morgan fingerprint density at radius 2 is 0.742 bits per heavy atom. The van der Waals surface area contributed by atoms with Crippen LogP contribution in [-0.4, -0.2) is 0 Å². The molecule has 0 bridgehead atoms. The largest absolute Gasteiger partial charge is 0.455 e. The van der Waals surface area contributed by atoms with Crippen LogP contribution in [0.4, 0.5) is 17.1 Å². The molecule has 2 nitrogen and oxygen atoms in total. The average molecular weight is 792 g/mol. The van der Waals surface area contributed by atoms with Crippen LogP contribution in [0.5, 0.6) is 0 Å². The molecular formula is C60H41NO. The van der Waals surface area contributed by atoms with Crippen molar-refractivity contribution in [3.8, 4) is 67.0 Å². The van der Waals surface area contributed by atoms with Gasteiger partial charge in [0, 0.05) is 33.6 Å². The second kappa shape index (κ2) is 16.1. The van der Waals surface area contributed by atoms with Crippen LogP contribution in [-0.2, 0) is 0 Å². The Kier molecular flexibility index (Phi) is 9.57. The molecule has 0 radical (unpaired) electrons. The lowest BCUT2D eigenvalue weighted by Crippen LogP contribution is -2.10. The van der Waals surface area contributed by atoms with Gasteiger partial charge in [0.15, 0.2) is 0 Å². The van der Waals surface area contributed by atoms with Crippen molar-refractivity contribution < 1.29 is 4.42 Å². The first-order chi connectivity index (χ1) is 30.7. The highest BCUT2D eigenvalue weighted by molar-refractivity contribution is 6.02. The number of hydrogen-bond donors (Lipinski definition) is 0. The van der Waals surface area contributed by atoms with Crippen molar-refractivity contribution in [1.29, 1.82) is 0 Å². The number of nitrogens with zero attached hydrogens (tertiary/aromatic N) is 1. The standard InChI is InChI=1S/C60H41NO/c1-3-14-42(15-4-1)50-21-12-23-54(41-50)61(53-38-34-47(35-39-53)56-26-13-19-46-16-7-8-24-55(46)56)52-36-32-44(33-37-52)43-28-30-45(31-29-43)49-20-11-22-51(40-49)60-59(48-17-5-2-6-18-48)57-25-9-10-27-58(57)62-60/h1-41H. The van der Waals surface area contributed by atoms with E-state index in [0.717, 1.165) is 72.7 Å². The fourth-order valence-electron chi connectivity index (χ4n) is 8.81. The second-order valence-electron chi connectivity index (χ2n) is 15.7. The molecular weight excluding hydrogens is 751 g/mol. The van der Waals surface area contributed by atoms with E-state index in [9.17, 15) is 0 Å². The molecule has 0 saturated carbocycles. The van der Waals surface area contributed by atoms with Crippen LogP contribution in [0, 0.1) is 0 Å². The van der Waals surface area contributed by atoms with Gasteiger partial charge in [-0.25, -0.2) is 0 Å². The highest BCUT2D eigenvalue weighted by Crippen LogP contribution is 2.43. The molecule has 0 aliphatic rings. The molecule has 1 aromatic heterocycles. The lowest BCUT2D eigenvalue weighted by atomic mass is 9.95. The van der Waals surface area contributed by atoms with Crippen LogP contribution in [0.15, 0.2) is 253 Å². The minimum Gasteiger partial charge on any atom is -0.455 e. The Labute approximate surface area is 362 Å². The molecule has 0 aliphatic heterocycles. The Balaban J connectivity index is 0.910. The maximum absolute atomic E-state index is 6.55. The van der Waals surface area contributed by atoms with Gasteiger partial charge < -0.3 is 9.32 Å². The topological polar surface area (TPSA) is 16.4 Å². The van der Waals surface area contributed by atoms with Crippen molar-refractivity contribution in [2.75, 3.05) is 4.90 Å². The van der Waals surface area contributed by atoms with E-state index >= 15 is 0 Å². The van der Waals surface area contributed by atoms with E-state index in [-0.39, 0.29) is 0 Å². The van der Waals surface area contributed by atoms with E-state index < -0.39 is 0 Å². The number of benzene rings is 10. The third-order valence-electron chi connectivity index (χ3n) is 11.9. The van der Waals surface area contributed by atoms with Gasteiger partial charge in [-0.1, -0.05) is 200 Å². The summed E-state index contributed by atoms with van der Waals surface area (Å²) in [6.45, 7) is 0. The molecule has 1 heterocycles. The molecule has 10 aromatic carbocycles. The summed E-state index contributed by atoms with van der Waals surface area (Å²) in [5.41, 5.74) is 16.9. The van der Waals surface area contributed by atoms with Gasteiger partial charge >= 0.3 is 0 Å². The number of hydrogen-bond acceptors (Lipinski definition) is 2. The molecule has 0 amide bonds. The van der Waals surface area contributed by atoms with Crippen LogP contribution < -0.4 is 4.90 Å². The van der Waals surface area contributed by atoms with E-state index in [2.05, 4.69) is 241 Å². The molecule has 11 aromatic rings. The molecule has 0 atom stereocenters. The summed E-state index contributed by atoms with van der Waals surface area (Å²) in [5, 5.41) is 3.62. The number of fused-ring (bicyclic) bond motifs is 2. The molecule has 0 unspecified atom stereocenters. The molecule has 62 heavy (non-hydrogen) atoms. The molecule has 0 N–H and O–H groups in total. The van der Waals surface area contributed by atoms with Gasteiger partial charge in [-0.2, -0.15) is 0 Å². The predicted octanol–water partition coefficient (Wildman–Crippen LogP) is 17.1. The Morgan fingerprint density at radius 3 is 1.45 bits per heavy atom. The first kappa shape index (κ1) is 36.8. The van der Waals surface area contributed by atoms with Crippen LogP contribution in [0.2, 0.25) is 0 Å². The molecule has 0 fully saturated rings. The van der Waals surface area contributed by atoms with Crippen LogP contribution in [0.1, 0.15) is 0 Å². The Hall–Kier alpha value is -8.20. The lowest BCUT2D eigenvalue weighted by molar-refractivity contribution is 0.632. The number of para-hydroxylation sites is 1. The van der Waals surface area contributed by atoms with Gasteiger partial charge in [-0.3, -0.25) is 0 Å². The van der Waals surface area contributed by atoms with E-state index in [1.165, 1.54) is 33.0 Å². The summed E-state index contributed by atoms with van der Waals surface area (Å²) >= 11 is 0. The third kappa shape index (κ3) is 7.04. The summed E-state index contributed by atoms with van der Waals surface area (Å²) in [5.74, 6) is 0.887. The van der Waals surface area contributed by atoms with E-state index in [1.54, 1.807) is 0 Å². The third-order valence-corrected chi connectivity index (χ3v) is 11.9. The van der Waals surface area contributed by atoms with Crippen molar-refractivity contribution in [1.82, 2.24) is 0 Å². The first-order valence-electron chi connectivity index (χ1n) is 21.2. The van der Waals surface area contributed by atoms with Gasteiger partial charge in [0.05, 0.1) is 0 Å². The van der Waals surface area contributed by atoms with Crippen molar-refractivity contribution in [3.05, 3.63) is 249 Å². The quantitative estimate of drug-likeness (QED) is 0.145. The monoisotopic (exact) mass is 791 g/mol. The van der Waals surface area contributed by atoms with Crippen molar-refractivity contribution in [3.63, 3.8) is 0 Å². The lowest BCUT2D eigenvalue weighted by Gasteiger charge is -2.26. The van der Waals surface area contributed by atoms with Gasteiger partial charge in [0.2, 0.25) is 0 Å². The first-order valence-corrected chi connectivity index (χ1v) is 21.2. The molecule has 11 rings (SSSR count). The maximum Gasteiger partial charge on any atom is 0.143 e. The summed E-state index contributed by atoms with van der Waals surface area (Å²) < 4.78 is 6.55. The van der Waals surface area contributed by atoms with Crippen LogP contribution in [0.25, 0.3) is 88.7 Å². The summed E-state index contributed by atoms with van der Waals surface area (Å²) in [6.07, 6.45) is 0. The molecule has 292 valence electrons. The van der Waals surface area contributed by atoms with E-state index in [1.807, 2.05) is 12.1 Å². The van der Waals surface area contributed by atoms with Crippen molar-refractivity contribution in [2.45, 2.75) is 0 Å². The van der Waals surface area contributed by atoms with E-state index in [4.69, 9.17) is 4.42 Å². The molecule has 0 spiro atoms. The number of rotatable bonds is 9. The van der Waals surface area contributed by atoms with Gasteiger partial charge in [-0.15, -0.1) is 0 Å². The minimum absolute atomic E-state index is 0.887. The van der Waals surface area contributed by atoms with Gasteiger partial charge in [0.1, 0.15) is 11.3 Å². The summed E-state index contributed by atoms with van der Waals surface area (Å²) in [7, 11) is 0. The predicted molar refractivity (Wildman–Crippen MR) is 261 cm³/mol. The highest BCUT2D eigenvalue weighted by atomic mass is 16.3. The summed E-state index contributed by atoms with van der Waals surface area (Å²) in [4.78, 5) is 2.35. The zero-order valence-corrected chi connectivity index (χ0v) is 34.0. The van der Waals surface area contributed by atoms with Gasteiger partial charge in [-0.05, 0) is 109 Å². The van der Waals surface area contributed by atoms with Crippen molar-refractivity contribution >= 4 is 38.8 Å². The number of anilines is 3. The average Bonchev–Trinajstić information content (AvgIpc) is 3.75. The molecule has 2 heteroatoms. The minimum atomic E-state index is 0.887. The SMILES string of the molecule is c1ccc(-c2cccc(N(c3ccc(-c4ccc(-c5cccc(-c6oc7ccccc7c6-c6ccccc6)c5)cc4)cc3)c3ccc(-c4cccc5ccccc45)cc3)c2)cc1. The zero-order valence-electron chi connectivity index (χ0n) is 34.0. The smallest absolute Gasteiger partial charge is 0.143 e. The Bertz CT molecular complexity index is 3310. The van der Waals surface area contributed by atoms with E-state index in [0.29, 0.717) is 0 Å².